The molecule has 1 aromatic carbocycles. The Labute approximate surface area is 163 Å². The van der Waals surface area contributed by atoms with Gasteiger partial charge in [0.1, 0.15) is 5.75 Å². The molecule has 0 bridgehead atoms. The number of morpholine rings is 1. The van der Waals surface area contributed by atoms with Crippen LogP contribution >= 0.6 is 0 Å². The summed E-state index contributed by atoms with van der Waals surface area (Å²) in [4.78, 5) is 41.0. The molecule has 3 aliphatic rings. The van der Waals surface area contributed by atoms with Gasteiger partial charge in [-0.3, -0.25) is 14.4 Å². The lowest BCUT2D eigenvalue weighted by Gasteiger charge is -2.38. The predicted molar refractivity (Wildman–Crippen MR) is 99.8 cm³/mol. The number of hydrogen-bond acceptors (Lipinski definition) is 5. The van der Waals surface area contributed by atoms with Crippen LogP contribution in [0.3, 0.4) is 0 Å². The maximum atomic E-state index is 12.6. The lowest BCUT2D eigenvalue weighted by molar-refractivity contribution is -0.142. The normalized spacial score (nSPS) is 25.0. The van der Waals surface area contributed by atoms with Crippen LogP contribution in [0.4, 0.5) is 0 Å². The number of aryl methyl sites for hydroxylation is 1. The summed E-state index contributed by atoms with van der Waals surface area (Å²) in [6, 6.07) is 5.50. The van der Waals surface area contributed by atoms with Crippen LogP contribution in [-0.4, -0.2) is 72.6 Å². The van der Waals surface area contributed by atoms with Gasteiger partial charge in [-0.05, 0) is 19.1 Å². The van der Waals surface area contributed by atoms with Crippen molar-refractivity contribution in [2.75, 3.05) is 39.4 Å². The Kier molecular flexibility index (Phi) is 4.97. The zero-order chi connectivity index (χ0) is 19.7. The van der Waals surface area contributed by atoms with Crippen LogP contribution in [0.2, 0.25) is 0 Å². The van der Waals surface area contributed by atoms with Crippen LogP contribution in [0.15, 0.2) is 18.2 Å². The Morgan fingerprint density at radius 2 is 1.96 bits per heavy atom. The molecule has 0 aromatic heterocycles. The molecule has 1 atom stereocenters. The van der Waals surface area contributed by atoms with Crippen molar-refractivity contribution in [3.63, 3.8) is 0 Å². The molecular weight excluding hydrogens is 362 g/mol. The van der Waals surface area contributed by atoms with E-state index in [1.54, 1.807) is 21.9 Å². The van der Waals surface area contributed by atoms with Gasteiger partial charge in [-0.15, -0.1) is 0 Å². The molecule has 3 aliphatic heterocycles. The SMILES string of the molecule is Cc1ccc2c(c1)C(=O)N[C@]1(CCC(=O)N(CC(=O)N3CCOCC3)CC1)O2. The van der Waals surface area contributed by atoms with Crippen LogP contribution < -0.4 is 10.1 Å². The van der Waals surface area contributed by atoms with Crippen molar-refractivity contribution in [2.24, 2.45) is 0 Å². The Balaban J connectivity index is 1.45. The number of likely N-dealkylation sites (tertiary alicyclic amines) is 1. The number of carbonyl (C=O) groups excluding carboxylic acids is 3. The molecule has 3 amide bonds. The summed E-state index contributed by atoms with van der Waals surface area (Å²) in [5.41, 5.74) is 0.587. The molecule has 4 rings (SSSR count). The van der Waals surface area contributed by atoms with E-state index in [-0.39, 0.29) is 30.7 Å². The first kappa shape index (κ1) is 18.7. The molecule has 2 fully saturated rings. The summed E-state index contributed by atoms with van der Waals surface area (Å²) in [6.45, 7) is 4.50. The number of nitrogens with one attached hydrogen (secondary N) is 1. The fourth-order valence-electron chi connectivity index (χ4n) is 3.92. The molecule has 8 heteroatoms. The first-order valence-electron chi connectivity index (χ1n) is 9.71. The molecule has 0 unspecified atom stereocenters. The molecule has 1 aromatic rings. The Morgan fingerprint density at radius 3 is 2.75 bits per heavy atom. The van der Waals surface area contributed by atoms with Crippen molar-refractivity contribution >= 4 is 17.7 Å². The van der Waals surface area contributed by atoms with Gasteiger partial charge < -0.3 is 24.6 Å². The summed E-state index contributed by atoms with van der Waals surface area (Å²) in [5, 5.41) is 2.96. The number of hydrogen-bond donors (Lipinski definition) is 1. The van der Waals surface area contributed by atoms with Gasteiger partial charge in [0.25, 0.3) is 5.91 Å². The quantitative estimate of drug-likeness (QED) is 0.807. The van der Waals surface area contributed by atoms with Gasteiger partial charge >= 0.3 is 0 Å². The molecule has 1 spiro atoms. The Morgan fingerprint density at radius 1 is 1.18 bits per heavy atom. The molecule has 3 heterocycles. The number of ether oxygens (including phenoxy) is 2. The van der Waals surface area contributed by atoms with Gasteiger partial charge in [-0.2, -0.15) is 0 Å². The molecule has 150 valence electrons. The van der Waals surface area contributed by atoms with Gasteiger partial charge in [-0.25, -0.2) is 0 Å². The number of fused-ring (bicyclic) bond motifs is 1. The van der Waals surface area contributed by atoms with Crippen molar-refractivity contribution in [3.05, 3.63) is 29.3 Å². The van der Waals surface area contributed by atoms with E-state index in [1.807, 2.05) is 13.0 Å². The van der Waals surface area contributed by atoms with Crippen molar-refractivity contribution in [1.29, 1.82) is 0 Å². The highest BCUT2D eigenvalue weighted by molar-refractivity contribution is 5.98. The smallest absolute Gasteiger partial charge is 0.258 e. The van der Waals surface area contributed by atoms with Crippen LogP contribution in [0.1, 0.15) is 35.2 Å². The number of nitrogens with zero attached hydrogens (tertiary/aromatic N) is 2. The molecule has 2 saturated heterocycles. The van der Waals surface area contributed by atoms with Gasteiger partial charge in [0.15, 0.2) is 5.72 Å². The summed E-state index contributed by atoms with van der Waals surface area (Å²) >= 11 is 0. The van der Waals surface area contributed by atoms with E-state index < -0.39 is 5.72 Å². The highest BCUT2D eigenvalue weighted by atomic mass is 16.5. The predicted octanol–water partition coefficient (Wildman–Crippen LogP) is 0.685. The summed E-state index contributed by atoms with van der Waals surface area (Å²) in [7, 11) is 0. The minimum Gasteiger partial charge on any atom is -0.467 e. The lowest BCUT2D eigenvalue weighted by Crippen LogP contribution is -2.56. The summed E-state index contributed by atoms with van der Waals surface area (Å²) < 4.78 is 11.4. The fourth-order valence-corrected chi connectivity index (χ4v) is 3.92. The first-order valence-corrected chi connectivity index (χ1v) is 9.71. The molecule has 0 saturated carbocycles. The lowest BCUT2D eigenvalue weighted by atomic mass is 9.99. The summed E-state index contributed by atoms with van der Waals surface area (Å²) in [6.07, 6.45) is 1.04. The van der Waals surface area contributed by atoms with E-state index in [0.717, 1.165) is 5.56 Å². The minimum absolute atomic E-state index is 0.0542. The molecular formula is C20H25N3O5. The van der Waals surface area contributed by atoms with Gasteiger partial charge in [0.05, 0.1) is 25.3 Å². The molecule has 8 nitrogen and oxygen atoms in total. The Hall–Kier alpha value is -2.61. The number of benzene rings is 1. The van der Waals surface area contributed by atoms with Crippen molar-refractivity contribution in [1.82, 2.24) is 15.1 Å². The number of amides is 3. The van der Waals surface area contributed by atoms with Gasteiger partial charge in [0.2, 0.25) is 11.8 Å². The van der Waals surface area contributed by atoms with Crippen molar-refractivity contribution in [3.8, 4) is 5.75 Å². The zero-order valence-electron chi connectivity index (χ0n) is 16.0. The standard InChI is InChI=1S/C20H25N3O5/c1-14-2-3-16-15(12-14)19(26)21-20(28-16)5-4-17(24)23(7-6-20)13-18(25)22-8-10-27-11-9-22/h2-3,12H,4-11,13H2,1H3,(H,21,26)/t20-/m1/s1. The van der Waals surface area contributed by atoms with E-state index in [0.29, 0.717) is 57.0 Å². The van der Waals surface area contributed by atoms with E-state index >= 15 is 0 Å². The maximum Gasteiger partial charge on any atom is 0.258 e. The minimum atomic E-state index is -0.911. The largest absolute Gasteiger partial charge is 0.467 e. The van der Waals surface area contributed by atoms with E-state index in [9.17, 15) is 14.4 Å². The van der Waals surface area contributed by atoms with Crippen LogP contribution in [0.5, 0.6) is 5.75 Å². The second kappa shape index (κ2) is 7.43. The third-order valence-electron chi connectivity index (χ3n) is 5.60. The third-order valence-corrected chi connectivity index (χ3v) is 5.60. The van der Waals surface area contributed by atoms with Crippen LogP contribution in [0, 0.1) is 6.92 Å². The molecule has 0 aliphatic carbocycles. The van der Waals surface area contributed by atoms with E-state index in [1.165, 1.54) is 0 Å². The monoisotopic (exact) mass is 387 g/mol. The average molecular weight is 387 g/mol. The second-order valence-electron chi connectivity index (χ2n) is 7.61. The molecule has 0 radical (unpaired) electrons. The van der Waals surface area contributed by atoms with Crippen LogP contribution in [0.25, 0.3) is 0 Å². The summed E-state index contributed by atoms with van der Waals surface area (Å²) in [5.74, 6) is 0.197. The topological polar surface area (TPSA) is 88.2 Å². The Bertz CT molecular complexity index is 805. The van der Waals surface area contributed by atoms with Crippen molar-refractivity contribution < 1.29 is 23.9 Å². The molecule has 1 N–H and O–H groups in total. The van der Waals surface area contributed by atoms with Crippen LogP contribution in [-0.2, 0) is 14.3 Å². The second-order valence-corrected chi connectivity index (χ2v) is 7.61. The molecule has 28 heavy (non-hydrogen) atoms. The van der Waals surface area contributed by atoms with E-state index in [2.05, 4.69) is 5.32 Å². The number of carbonyl (C=O) groups is 3. The van der Waals surface area contributed by atoms with E-state index in [4.69, 9.17) is 9.47 Å². The fraction of sp³-hybridized carbons (Fsp3) is 0.550. The maximum absolute atomic E-state index is 12.6. The number of rotatable bonds is 2. The first-order chi connectivity index (χ1) is 13.5. The highest BCUT2D eigenvalue weighted by Crippen LogP contribution is 2.34. The van der Waals surface area contributed by atoms with Gasteiger partial charge in [0, 0.05) is 38.9 Å². The highest BCUT2D eigenvalue weighted by Gasteiger charge is 2.43. The van der Waals surface area contributed by atoms with Crippen molar-refractivity contribution in [2.45, 2.75) is 31.9 Å². The van der Waals surface area contributed by atoms with Gasteiger partial charge in [-0.1, -0.05) is 11.6 Å². The zero-order valence-corrected chi connectivity index (χ0v) is 16.0. The third kappa shape index (κ3) is 3.69. The average Bonchev–Trinajstić information content (AvgIpc) is 2.84.